The number of H-pyrrole nitrogens is 1. The Hall–Kier alpha value is -1.82. The summed E-state index contributed by atoms with van der Waals surface area (Å²) in [4.78, 5) is 11.8. The Labute approximate surface area is 107 Å². The first kappa shape index (κ1) is 11.7. The fourth-order valence-electron chi connectivity index (χ4n) is 1.40. The van der Waals surface area contributed by atoms with Crippen molar-refractivity contribution in [1.82, 2.24) is 10.2 Å². The van der Waals surface area contributed by atoms with E-state index in [1.165, 1.54) is 6.20 Å². The summed E-state index contributed by atoms with van der Waals surface area (Å²) in [5.74, 6) is -0.0192. The standard InChI is InChI=1S/C11H11BrN4O/c1-6-4-7(2-3-9(6)12)15-11(17)8-5-14-16-10(8)13/h2-5H,1H3,(H,15,17)(H3,13,14,16). The van der Waals surface area contributed by atoms with Crippen LogP contribution in [0, 0.1) is 6.92 Å². The van der Waals surface area contributed by atoms with Crippen LogP contribution >= 0.6 is 15.9 Å². The van der Waals surface area contributed by atoms with E-state index in [4.69, 9.17) is 5.73 Å². The molecule has 0 saturated carbocycles. The molecule has 17 heavy (non-hydrogen) atoms. The first-order valence-electron chi connectivity index (χ1n) is 4.94. The summed E-state index contributed by atoms with van der Waals surface area (Å²) >= 11 is 3.40. The first-order valence-corrected chi connectivity index (χ1v) is 5.73. The van der Waals surface area contributed by atoms with Crippen LogP contribution in [0.15, 0.2) is 28.9 Å². The molecule has 0 radical (unpaired) electrons. The number of benzene rings is 1. The molecule has 1 amide bonds. The molecule has 88 valence electrons. The topological polar surface area (TPSA) is 83.8 Å². The van der Waals surface area contributed by atoms with Crippen molar-refractivity contribution in [3.05, 3.63) is 40.0 Å². The fraction of sp³-hybridized carbons (Fsp3) is 0.0909. The van der Waals surface area contributed by atoms with Gasteiger partial charge in [-0.15, -0.1) is 0 Å². The highest BCUT2D eigenvalue weighted by Gasteiger charge is 2.11. The Morgan fingerprint density at radius 3 is 2.88 bits per heavy atom. The van der Waals surface area contributed by atoms with Crippen LogP contribution in [0.4, 0.5) is 11.5 Å². The van der Waals surface area contributed by atoms with E-state index >= 15 is 0 Å². The number of nitrogen functional groups attached to an aromatic ring is 1. The van der Waals surface area contributed by atoms with Crippen molar-refractivity contribution in [2.45, 2.75) is 6.92 Å². The van der Waals surface area contributed by atoms with E-state index in [9.17, 15) is 4.79 Å². The number of carbonyl (C=O) groups excluding carboxylic acids is 1. The molecular formula is C11H11BrN4O. The molecule has 1 aromatic carbocycles. The summed E-state index contributed by atoms with van der Waals surface area (Å²) in [6, 6.07) is 5.56. The van der Waals surface area contributed by atoms with Gasteiger partial charge in [-0.3, -0.25) is 9.89 Å². The van der Waals surface area contributed by atoms with Crippen LogP contribution in [0.25, 0.3) is 0 Å². The maximum Gasteiger partial charge on any atom is 0.261 e. The molecule has 0 aliphatic rings. The average Bonchev–Trinajstić information content (AvgIpc) is 2.70. The molecule has 6 heteroatoms. The number of nitrogens with two attached hydrogens (primary N) is 1. The monoisotopic (exact) mass is 294 g/mol. The van der Waals surface area contributed by atoms with Crippen LogP contribution in [-0.4, -0.2) is 16.1 Å². The molecule has 0 fully saturated rings. The van der Waals surface area contributed by atoms with E-state index in [2.05, 4.69) is 31.4 Å². The van der Waals surface area contributed by atoms with Gasteiger partial charge in [0.05, 0.1) is 6.20 Å². The number of nitrogens with one attached hydrogen (secondary N) is 2. The molecule has 1 aromatic heterocycles. The van der Waals surface area contributed by atoms with E-state index in [0.29, 0.717) is 5.56 Å². The smallest absolute Gasteiger partial charge is 0.261 e. The van der Waals surface area contributed by atoms with Crippen LogP contribution in [0.3, 0.4) is 0 Å². The van der Waals surface area contributed by atoms with Crippen molar-refractivity contribution in [2.24, 2.45) is 0 Å². The lowest BCUT2D eigenvalue weighted by Crippen LogP contribution is -2.13. The molecule has 0 aliphatic heterocycles. The molecule has 2 rings (SSSR count). The SMILES string of the molecule is Cc1cc(NC(=O)c2cn[nH]c2N)ccc1Br. The number of carbonyl (C=O) groups is 1. The Morgan fingerprint density at radius 2 is 2.29 bits per heavy atom. The number of aromatic nitrogens is 2. The normalized spacial score (nSPS) is 10.2. The van der Waals surface area contributed by atoms with Gasteiger partial charge in [-0.2, -0.15) is 5.10 Å². The minimum absolute atomic E-state index is 0.260. The number of hydrogen-bond acceptors (Lipinski definition) is 3. The third-order valence-corrected chi connectivity index (χ3v) is 3.22. The van der Waals surface area contributed by atoms with Gasteiger partial charge in [0.2, 0.25) is 0 Å². The lowest BCUT2D eigenvalue weighted by molar-refractivity contribution is 0.102. The lowest BCUT2D eigenvalue weighted by atomic mass is 10.2. The Kier molecular flexibility index (Phi) is 3.14. The third-order valence-electron chi connectivity index (χ3n) is 2.33. The van der Waals surface area contributed by atoms with E-state index in [-0.39, 0.29) is 11.7 Å². The lowest BCUT2D eigenvalue weighted by Gasteiger charge is -2.06. The first-order chi connectivity index (χ1) is 8.08. The van der Waals surface area contributed by atoms with Gasteiger partial charge in [-0.05, 0) is 30.7 Å². The maximum atomic E-state index is 11.8. The van der Waals surface area contributed by atoms with Gasteiger partial charge in [0.15, 0.2) is 0 Å². The van der Waals surface area contributed by atoms with Crippen molar-refractivity contribution in [3.63, 3.8) is 0 Å². The molecule has 4 N–H and O–H groups in total. The second-order valence-corrected chi connectivity index (χ2v) is 4.47. The Bertz CT molecular complexity index is 564. The van der Waals surface area contributed by atoms with Crippen LogP contribution in [0.5, 0.6) is 0 Å². The van der Waals surface area contributed by atoms with Crippen LogP contribution in [0.1, 0.15) is 15.9 Å². The number of hydrogen-bond donors (Lipinski definition) is 3. The van der Waals surface area contributed by atoms with E-state index in [1.807, 2.05) is 25.1 Å². The second-order valence-electron chi connectivity index (χ2n) is 3.62. The summed E-state index contributed by atoms with van der Waals surface area (Å²) in [6.45, 7) is 1.95. The Morgan fingerprint density at radius 1 is 1.53 bits per heavy atom. The Balaban J connectivity index is 2.19. The van der Waals surface area contributed by atoms with Gasteiger partial charge in [0.25, 0.3) is 5.91 Å². The average molecular weight is 295 g/mol. The van der Waals surface area contributed by atoms with Crippen LogP contribution in [0.2, 0.25) is 0 Å². The quantitative estimate of drug-likeness (QED) is 0.795. The van der Waals surface area contributed by atoms with Gasteiger partial charge in [0, 0.05) is 10.2 Å². The van der Waals surface area contributed by atoms with Crippen molar-refractivity contribution >= 4 is 33.3 Å². The molecular weight excluding hydrogens is 284 g/mol. The molecule has 2 aromatic rings. The number of anilines is 2. The number of rotatable bonds is 2. The van der Waals surface area contributed by atoms with Crippen LogP contribution in [-0.2, 0) is 0 Å². The molecule has 0 bridgehead atoms. The van der Waals surface area contributed by atoms with Gasteiger partial charge in [0.1, 0.15) is 11.4 Å². The van der Waals surface area contributed by atoms with Gasteiger partial charge < -0.3 is 11.1 Å². The molecule has 1 heterocycles. The summed E-state index contributed by atoms with van der Waals surface area (Å²) in [6.07, 6.45) is 1.40. The number of halogens is 1. The summed E-state index contributed by atoms with van der Waals surface area (Å²) < 4.78 is 0.998. The fourth-order valence-corrected chi connectivity index (χ4v) is 1.64. The predicted octanol–water partition coefficient (Wildman–Crippen LogP) is 2.32. The van der Waals surface area contributed by atoms with Gasteiger partial charge in [-0.25, -0.2) is 0 Å². The third kappa shape index (κ3) is 2.47. The molecule has 0 atom stereocenters. The molecule has 0 spiro atoms. The van der Waals surface area contributed by atoms with Crippen molar-refractivity contribution in [1.29, 1.82) is 0 Å². The zero-order chi connectivity index (χ0) is 12.4. The van der Waals surface area contributed by atoms with Gasteiger partial charge >= 0.3 is 0 Å². The number of aryl methyl sites for hydroxylation is 1. The van der Waals surface area contributed by atoms with Crippen molar-refractivity contribution in [2.75, 3.05) is 11.1 Å². The van der Waals surface area contributed by atoms with E-state index in [1.54, 1.807) is 0 Å². The number of nitrogens with zero attached hydrogens (tertiary/aromatic N) is 1. The molecule has 0 aliphatic carbocycles. The number of amides is 1. The number of aromatic amines is 1. The summed E-state index contributed by atoms with van der Waals surface area (Å²) in [5, 5.41) is 8.97. The van der Waals surface area contributed by atoms with E-state index < -0.39 is 0 Å². The molecule has 5 nitrogen and oxygen atoms in total. The minimum atomic E-state index is -0.280. The second kappa shape index (κ2) is 4.58. The van der Waals surface area contributed by atoms with E-state index in [0.717, 1.165) is 15.7 Å². The molecule has 0 saturated heterocycles. The zero-order valence-corrected chi connectivity index (χ0v) is 10.7. The summed E-state index contributed by atoms with van der Waals surface area (Å²) in [5.41, 5.74) is 7.66. The highest BCUT2D eigenvalue weighted by molar-refractivity contribution is 9.10. The predicted molar refractivity (Wildman–Crippen MR) is 69.8 cm³/mol. The highest BCUT2D eigenvalue weighted by Crippen LogP contribution is 2.20. The van der Waals surface area contributed by atoms with Crippen molar-refractivity contribution < 1.29 is 4.79 Å². The molecule has 0 unspecified atom stereocenters. The largest absolute Gasteiger partial charge is 0.383 e. The van der Waals surface area contributed by atoms with Crippen LogP contribution < -0.4 is 11.1 Å². The minimum Gasteiger partial charge on any atom is -0.383 e. The maximum absolute atomic E-state index is 11.8. The summed E-state index contributed by atoms with van der Waals surface area (Å²) in [7, 11) is 0. The van der Waals surface area contributed by atoms with Gasteiger partial charge in [-0.1, -0.05) is 15.9 Å². The van der Waals surface area contributed by atoms with Crippen molar-refractivity contribution in [3.8, 4) is 0 Å². The highest BCUT2D eigenvalue weighted by atomic mass is 79.9. The zero-order valence-electron chi connectivity index (χ0n) is 9.12.